The molecule has 0 aliphatic carbocycles. The topological polar surface area (TPSA) is 46.6 Å². The molecule has 2 aliphatic heterocycles. The molecular formula is C12H19NO3S. The first-order valence-electron chi connectivity index (χ1n) is 6.16. The number of methoxy groups -OCH3 is 1. The van der Waals surface area contributed by atoms with Crippen molar-refractivity contribution in [2.24, 2.45) is 11.8 Å². The van der Waals surface area contributed by atoms with Crippen LogP contribution in [0.25, 0.3) is 0 Å². The first-order chi connectivity index (χ1) is 8.22. The Hall–Kier alpha value is -0.710. The number of rotatable bonds is 2. The number of ether oxygens (including phenoxy) is 1. The molecule has 17 heavy (non-hydrogen) atoms. The van der Waals surface area contributed by atoms with Gasteiger partial charge in [-0.15, -0.1) is 0 Å². The van der Waals surface area contributed by atoms with Gasteiger partial charge in [0.05, 0.1) is 13.0 Å². The van der Waals surface area contributed by atoms with Gasteiger partial charge in [-0.1, -0.05) is 0 Å². The number of hydrogen-bond donors (Lipinski definition) is 0. The van der Waals surface area contributed by atoms with Crippen molar-refractivity contribution in [2.75, 3.05) is 31.7 Å². The fourth-order valence-electron chi connectivity index (χ4n) is 2.52. The molecule has 0 radical (unpaired) electrons. The van der Waals surface area contributed by atoms with Gasteiger partial charge in [-0.25, -0.2) is 0 Å². The first kappa shape index (κ1) is 12.7. The molecule has 2 saturated heterocycles. The van der Waals surface area contributed by atoms with Crippen LogP contribution in [0.1, 0.15) is 19.3 Å². The average molecular weight is 257 g/mol. The van der Waals surface area contributed by atoms with E-state index in [1.165, 1.54) is 7.11 Å². The van der Waals surface area contributed by atoms with Gasteiger partial charge < -0.3 is 9.64 Å². The molecule has 96 valence electrons. The van der Waals surface area contributed by atoms with Crippen LogP contribution in [-0.4, -0.2) is 48.5 Å². The van der Waals surface area contributed by atoms with Gasteiger partial charge in [0.25, 0.3) is 0 Å². The summed E-state index contributed by atoms with van der Waals surface area (Å²) in [5, 5.41) is 0. The van der Waals surface area contributed by atoms with Gasteiger partial charge in [0.1, 0.15) is 0 Å². The first-order valence-corrected chi connectivity index (χ1v) is 7.32. The Bertz CT molecular complexity index is 302. The molecular weight excluding hydrogens is 238 g/mol. The zero-order valence-electron chi connectivity index (χ0n) is 10.2. The summed E-state index contributed by atoms with van der Waals surface area (Å²) in [5.41, 5.74) is 0. The highest BCUT2D eigenvalue weighted by Gasteiger charge is 2.33. The van der Waals surface area contributed by atoms with Crippen LogP contribution in [0.2, 0.25) is 0 Å². The molecule has 0 aromatic carbocycles. The quantitative estimate of drug-likeness (QED) is 0.696. The number of likely N-dealkylation sites (tertiary alicyclic amines) is 1. The summed E-state index contributed by atoms with van der Waals surface area (Å²) in [6.45, 7) is 1.35. The van der Waals surface area contributed by atoms with Crippen LogP contribution in [0.5, 0.6) is 0 Å². The predicted molar refractivity (Wildman–Crippen MR) is 66.8 cm³/mol. The fourth-order valence-corrected chi connectivity index (χ4v) is 3.74. The Morgan fingerprint density at radius 2 is 2.12 bits per heavy atom. The lowest BCUT2D eigenvalue weighted by Gasteiger charge is -2.32. The van der Waals surface area contributed by atoms with Crippen molar-refractivity contribution in [2.45, 2.75) is 19.3 Å². The summed E-state index contributed by atoms with van der Waals surface area (Å²) in [7, 11) is 1.41. The molecule has 1 amide bonds. The van der Waals surface area contributed by atoms with Gasteiger partial charge >= 0.3 is 5.97 Å². The highest BCUT2D eigenvalue weighted by atomic mass is 32.2. The third-order valence-electron chi connectivity index (χ3n) is 3.55. The average Bonchev–Trinajstić information content (AvgIpc) is 2.91. The fraction of sp³-hybridized carbons (Fsp3) is 0.833. The van der Waals surface area contributed by atoms with Crippen molar-refractivity contribution >= 4 is 23.6 Å². The molecule has 0 spiro atoms. The van der Waals surface area contributed by atoms with Crippen molar-refractivity contribution in [1.82, 2.24) is 4.90 Å². The second-order valence-electron chi connectivity index (χ2n) is 4.71. The molecule has 0 saturated carbocycles. The summed E-state index contributed by atoms with van der Waals surface area (Å²) in [6.07, 6.45) is 2.74. The molecule has 0 N–H and O–H groups in total. The monoisotopic (exact) mass is 257 g/mol. The maximum atomic E-state index is 12.2. The van der Waals surface area contributed by atoms with E-state index in [1.807, 2.05) is 16.7 Å². The van der Waals surface area contributed by atoms with Crippen molar-refractivity contribution in [3.63, 3.8) is 0 Å². The molecule has 4 nitrogen and oxygen atoms in total. The molecule has 2 aliphatic rings. The minimum absolute atomic E-state index is 0.119. The van der Waals surface area contributed by atoms with Crippen LogP contribution in [0.4, 0.5) is 0 Å². The SMILES string of the molecule is COC(=O)[C@H]1CCCN(C(=O)C2CCSC2)C1. The highest BCUT2D eigenvalue weighted by molar-refractivity contribution is 7.99. The molecule has 5 heteroatoms. The standard InChI is InChI=1S/C12H19NO3S/c1-16-12(15)9-3-2-5-13(7-9)11(14)10-4-6-17-8-10/h9-10H,2-8H2,1H3/t9-,10?/m0/s1. The Kier molecular flexibility index (Phi) is 4.31. The Labute approximate surface area is 106 Å². The van der Waals surface area contributed by atoms with Crippen molar-refractivity contribution < 1.29 is 14.3 Å². The highest BCUT2D eigenvalue weighted by Crippen LogP contribution is 2.27. The van der Waals surface area contributed by atoms with E-state index >= 15 is 0 Å². The van der Waals surface area contributed by atoms with Crippen LogP contribution >= 0.6 is 11.8 Å². The normalized spacial score (nSPS) is 29.1. The van der Waals surface area contributed by atoms with E-state index in [2.05, 4.69) is 0 Å². The maximum Gasteiger partial charge on any atom is 0.310 e. The van der Waals surface area contributed by atoms with E-state index in [0.29, 0.717) is 6.54 Å². The van der Waals surface area contributed by atoms with E-state index in [-0.39, 0.29) is 23.7 Å². The van der Waals surface area contributed by atoms with Gasteiger partial charge in [-0.3, -0.25) is 9.59 Å². The summed E-state index contributed by atoms with van der Waals surface area (Å²) >= 11 is 1.85. The predicted octanol–water partition coefficient (Wildman–Crippen LogP) is 1.15. The summed E-state index contributed by atoms with van der Waals surface area (Å²) in [5.74, 6) is 2.15. The van der Waals surface area contributed by atoms with E-state index in [1.54, 1.807) is 0 Å². The number of nitrogens with zero attached hydrogens (tertiary/aromatic N) is 1. The molecule has 0 bridgehead atoms. The van der Waals surface area contributed by atoms with Gasteiger partial charge in [0, 0.05) is 24.8 Å². The Morgan fingerprint density at radius 3 is 2.76 bits per heavy atom. The molecule has 2 rings (SSSR count). The van der Waals surface area contributed by atoms with E-state index in [4.69, 9.17) is 4.74 Å². The zero-order chi connectivity index (χ0) is 12.3. The number of thioether (sulfide) groups is 1. The van der Waals surface area contributed by atoms with Gasteiger partial charge in [0.15, 0.2) is 0 Å². The largest absolute Gasteiger partial charge is 0.469 e. The van der Waals surface area contributed by atoms with E-state index in [0.717, 1.165) is 37.3 Å². The molecule has 2 heterocycles. The summed E-state index contributed by atoms with van der Waals surface area (Å²) < 4.78 is 4.76. The Balaban J connectivity index is 1.92. The number of carbonyl (C=O) groups is 2. The third kappa shape index (κ3) is 2.94. The molecule has 0 aromatic heterocycles. The second-order valence-corrected chi connectivity index (χ2v) is 5.86. The molecule has 2 fully saturated rings. The van der Waals surface area contributed by atoms with Crippen molar-refractivity contribution in [1.29, 1.82) is 0 Å². The minimum Gasteiger partial charge on any atom is -0.469 e. The van der Waals surface area contributed by atoms with Crippen LogP contribution in [-0.2, 0) is 14.3 Å². The van der Waals surface area contributed by atoms with Crippen LogP contribution in [0.3, 0.4) is 0 Å². The molecule has 1 unspecified atom stereocenters. The lowest BCUT2D eigenvalue weighted by molar-refractivity contribution is -0.149. The smallest absolute Gasteiger partial charge is 0.310 e. The maximum absolute atomic E-state index is 12.2. The third-order valence-corrected chi connectivity index (χ3v) is 4.71. The minimum atomic E-state index is -0.178. The lowest BCUT2D eigenvalue weighted by atomic mass is 9.96. The number of hydrogen-bond acceptors (Lipinski definition) is 4. The zero-order valence-corrected chi connectivity index (χ0v) is 11.0. The number of amides is 1. The molecule has 0 aromatic rings. The second kappa shape index (κ2) is 5.76. The summed E-state index contributed by atoms with van der Waals surface area (Å²) in [6, 6.07) is 0. The van der Waals surface area contributed by atoms with E-state index in [9.17, 15) is 9.59 Å². The molecule has 2 atom stereocenters. The van der Waals surface area contributed by atoms with Crippen molar-refractivity contribution in [3.05, 3.63) is 0 Å². The van der Waals surface area contributed by atoms with E-state index < -0.39 is 0 Å². The Morgan fingerprint density at radius 1 is 1.29 bits per heavy atom. The number of piperidine rings is 1. The van der Waals surface area contributed by atoms with Gasteiger partial charge in [0.2, 0.25) is 5.91 Å². The van der Waals surface area contributed by atoms with Crippen LogP contribution in [0, 0.1) is 11.8 Å². The number of esters is 1. The van der Waals surface area contributed by atoms with Gasteiger partial charge in [-0.2, -0.15) is 11.8 Å². The number of carbonyl (C=O) groups excluding carboxylic acids is 2. The van der Waals surface area contributed by atoms with Gasteiger partial charge in [-0.05, 0) is 25.0 Å². The van der Waals surface area contributed by atoms with Crippen LogP contribution < -0.4 is 0 Å². The van der Waals surface area contributed by atoms with Crippen molar-refractivity contribution in [3.8, 4) is 0 Å². The lowest BCUT2D eigenvalue weighted by Crippen LogP contribution is -2.45. The van der Waals surface area contributed by atoms with Crippen LogP contribution in [0.15, 0.2) is 0 Å². The summed E-state index contributed by atoms with van der Waals surface area (Å²) in [4.78, 5) is 25.6.